The fourth-order valence-corrected chi connectivity index (χ4v) is 3.64. The van der Waals surface area contributed by atoms with Crippen molar-refractivity contribution in [3.05, 3.63) is 65.5 Å². The number of hydrogen-bond acceptors (Lipinski definition) is 7. The molecule has 2 aromatic carbocycles. The lowest BCUT2D eigenvalue weighted by atomic mass is 10.1. The van der Waals surface area contributed by atoms with Crippen molar-refractivity contribution in [1.29, 1.82) is 0 Å². The Kier molecular flexibility index (Phi) is 5.57. The van der Waals surface area contributed by atoms with Crippen LogP contribution in [0.5, 0.6) is 0 Å². The lowest BCUT2D eigenvalue weighted by molar-refractivity contribution is 0.244. The Morgan fingerprint density at radius 1 is 0.931 bits per heavy atom. The largest absolute Gasteiger partial charge is 0.369 e. The fourth-order valence-electron chi connectivity index (χ4n) is 3.64. The Labute approximate surface area is 171 Å². The molecule has 3 aromatic rings. The van der Waals surface area contributed by atoms with Crippen LogP contribution in [0.1, 0.15) is 17.0 Å². The van der Waals surface area contributed by atoms with E-state index in [1.807, 2.05) is 6.07 Å². The van der Waals surface area contributed by atoms with E-state index in [9.17, 15) is 0 Å². The predicted molar refractivity (Wildman–Crippen MR) is 117 cm³/mol. The minimum absolute atomic E-state index is 0.241. The molecule has 0 unspecified atom stereocenters. The fraction of sp³-hybridized carbons (Fsp3) is 0.318. The van der Waals surface area contributed by atoms with E-state index < -0.39 is 0 Å². The summed E-state index contributed by atoms with van der Waals surface area (Å²) in [6.45, 7) is 8.69. The lowest BCUT2D eigenvalue weighted by Gasteiger charge is -2.35. The highest BCUT2D eigenvalue weighted by Gasteiger charge is 2.18. The number of hydrogen-bond donors (Lipinski definition) is 2. The first kappa shape index (κ1) is 19.1. The Morgan fingerprint density at radius 2 is 1.69 bits per heavy atom. The van der Waals surface area contributed by atoms with Gasteiger partial charge in [-0.2, -0.15) is 15.0 Å². The van der Waals surface area contributed by atoms with Crippen molar-refractivity contribution in [2.24, 2.45) is 0 Å². The average molecular weight is 390 g/mol. The highest BCUT2D eigenvalue weighted by molar-refractivity contribution is 5.59. The summed E-state index contributed by atoms with van der Waals surface area (Å²) in [6, 6.07) is 16.8. The molecule has 7 heteroatoms. The van der Waals surface area contributed by atoms with Crippen LogP contribution < -0.4 is 16.0 Å². The molecule has 1 aliphatic rings. The summed E-state index contributed by atoms with van der Waals surface area (Å²) < 4.78 is 0. The van der Waals surface area contributed by atoms with Crippen LogP contribution in [-0.4, -0.2) is 46.0 Å². The third-order valence-corrected chi connectivity index (χ3v) is 5.19. The normalized spacial score (nSPS) is 14.8. The number of aryl methyl sites for hydroxylation is 2. The topological polar surface area (TPSA) is 83.2 Å². The predicted octanol–water partition coefficient (Wildman–Crippen LogP) is 3.14. The second-order valence-electron chi connectivity index (χ2n) is 7.48. The van der Waals surface area contributed by atoms with Crippen molar-refractivity contribution >= 4 is 23.3 Å². The van der Waals surface area contributed by atoms with Gasteiger partial charge in [0, 0.05) is 37.6 Å². The van der Waals surface area contributed by atoms with Crippen LogP contribution in [0.2, 0.25) is 0 Å². The number of nitrogens with zero attached hydrogens (tertiary/aromatic N) is 5. The van der Waals surface area contributed by atoms with E-state index in [-0.39, 0.29) is 5.95 Å². The summed E-state index contributed by atoms with van der Waals surface area (Å²) in [4.78, 5) is 18.0. The maximum atomic E-state index is 5.95. The molecule has 0 aliphatic carbocycles. The first-order valence-corrected chi connectivity index (χ1v) is 9.94. The van der Waals surface area contributed by atoms with Crippen molar-refractivity contribution in [2.45, 2.75) is 20.4 Å². The van der Waals surface area contributed by atoms with Crippen molar-refractivity contribution in [1.82, 2.24) is 19.9 Å². The molecular formula is C22H27N7. The number of rotatable bonds is 5. The van der Waals surface area contributed by atoms with Gasteiger partial charge in [-0.1, -0.05) is 35.9 Å². The number of anilines is 4. The van der Waals surface area contributed by atoms with E-state index in [4.69, 9.17) is 5.73 Å². The van der Waals surface area contributed by atoms with E-state index in [0.29, 0.717) is 18.3 Å². The van der Waals surface area contributed by atoms with Crippen molar-refractivity contribution in [3.63, 3.8) is 0 Å². The third kappa shape index (κ3) is 4.81. The molecule has 150 valence electrons. The molecule has 0 atom stereocenters. The number of benzene rings is 2. The maximum Gasteiger partial charge on any atom is 0.232 e. The highest BCUT2D eigenvalue weighted by Crippen LogP contribution is 2.20. The number of nitrogens with one attached hydrogen (secondary N) is 1. The molecule has 0 bridgehead atoms. The zero-order chi connectivity index (χ0) is 20.2. The van der Waals surface area contributed by atoms with Gasteiger partial charge < -0.3 is 16.0 Å². The van der Waals surface area contributed by atoms with Gasteiger partial charge in [-0.05, 0) is 37.6 Å². The van der Waals surface area contributed by atoms with Crippen LogP contribution in [0, 0.1) is 13.8 Å². The SMILES string of the molecule is Cc1ccc(Nc2nc(N)nc(CN3CCN(c4ccccc4)CC3)n2)c(C)c1. The van der Waals surface area contributed by atoms with Crippen molar-refractivity contribution in [2.75, 3.05) is 42.1 Å². The van der Waals surface area contributed by atoms with E-state index in [1.54, 1.807) is 0 Å². The Bertz CT molecular complexity index is 966. The second kappa shape index (κ2) is 8.45. The van der Waals surface area contributed by atoms with Crippen molar-refractivity contribution in [3.8, 4) is 0 Å². The molecule has 1 saturated heterocycles. The zero-order valence-electron chi connectivity index (χ0n) is 17.0. The van der Waals surface area contributed by atoms with E-state index in [0.717, 1.165) is 37.4 Å². The van der Waals surface area contributed by atoms with E-state index in [2.05, 4.69) is 86.4 Å². The summed E-state index contributed by atoms with van der Waals surface area (Å²) in [5.41, 5.74) is 10.6. The molecule has 0 saturated carbocycles. The van der Waals surface area contributed by atoms with Gasteiger partial charge in [0.15, 0.2) is 0 Å². The molecule has 0 spiro atoms. The van der Waals surface area contributed by atoms with Gasteiger partial charge in [0.2, 0.25) is 11.9 Å². The van der Waals surface area contributed by atoms with Crippen LogP contribution in [-0.2, 0) is 6.54 Å². The highest BCUT2D eigenvalue weighted by atomic mass is 15.3. The van der Waals surface area contributed by atoms with Crippen LogP contribution in [0.3, 0.4) is 0 Å². The molecule has 1 aliphatic heterocycles. The first-order valence-electron chi connectivity index (χ1n) is 9.94. The standard InChI is InChI=1S/C22H27N7/c1-16-8-9-19(17(2)14-16)24-22-26-20(25-21(23)27-22)15-28-10-12-29(13-11-28)18-6-4-3-5-7-18/h3-9,14H,10-13,15H2,1-2H3,(H3,23,24,25,26,27). The van der Waals surface area contributed by atoms with Gasteiger partial charge in [-0.3, -0.25) is 4.90 Å². The van der Waals surface area contributed by atoms with Gasteiger partial charge in [-0.15, -0.1) is 0 Å². The number of nitrogens with two attached hydrogens (primary N) is 1. The van der Waals surface area contributed by atoms with E-state index >= 15 is 0 Å². The summed E-state index contributed by atoms with van der Waals surface area (Å²) in [5.74, 6) is 1.42. The Morgan fingerprint density at radius 3 is 2.41 bits per heavy atom. The van der Waals surface area contributed by atoms with Crippen LogP contribution in [0.15, 0.2) is 48.5 Å². The van der Waals surface area contributed by atoms with Gasteiger partial charge in [0.25, 0.3) is 0 Å². The maximum absolute atomic E-state index is 5.95. The number of nitrogen functional groups attached to an aromatic ring is 1. The zero-order valence-corrected chi connectivity index (χ0v) is 17.0. The molecule has 7 nitrogen and oxygen atoms in total. The van der Waals surface area contributed by atoms with Gasteiger partial charge in [-0.25, -0.2) is 0 Å². The molecule has 1 fully saturated rings. The Hall–Kier alpha value is -3.19. The third-order valence-electron chi connectivity index (χ3n) is 5.19. The lowest BCUT2D eigenvalue weighted by Crippen LogP contribution is -2.46. The van der Waals surface area contributed by atoms with Crippen LogP contribution in [0.25, 0.3) is 0 Å². The average Bonchev–Trinajstić information content (AvgIpc) is 2.71. The summed E-state index contributed by atoms with van der Waals surface area (Å²) in [7, 11) is 0. The molecule has 3 N–H and O–H groups in total. The monoisotopic (exact) mass is 389 g/mol. The molecule has 4 rings (SSSR count). The number of aromatic nitrogens is 3. The van der Waals surface area contributed by atoms with Crippen LogP contribution >= 0.6 is 0 Å². The Balaban J connectivity index is 1.40. The smallest absolute Gasteiger partial charge is 0.232 e. The minimum atomic E-state index is 0.241. The quantitative estimate of drug-likeness (QED) is 0.693. The summed E-state index contributed by atoms with van der Waals surface area (Å²) >= 11 is 0. The summed E-state index contributed by atoms with van der Waals surface area (Å²) in [5, 5.41) is 3.28. The van der Waals surface area contributed by atoms with E-state index in [1.165, 1.54) is 11.3 Å². The molecule has 0 amide bonds. The van der Waals surface area contributed by atoms with Gasteiger partial charge in [0.05, 0.1) is 6.54 Å². The summed E-state index contributed by atoms with van der Waals surface area (Å²) in [6.07, 6.45) is 0. The van der Waals surface area contributed by atoms with Gasteiger partial charge in [0.1, 0.15) is 5.82 Å². The molecule has 29 heavy (non-hydrogen) atoms. The molecule has 0 radical (unpaired) electrons. The second-order valence-corrected chi connectivity index (χ2v) is 7.48. The van der Waals surface area contributed by atoms with Gasteiger partial charge >= 0.3 is 0 Å². The van der Waals surface area contributed by atoms with Crippen molar-refractivity contribution < 1.29 is 0 Å². The molecule has 2 heterocycles. The molecule has 1 aromatic heterocycles. The number of piperazine rings is 1. The number of para-hydroxylation sites is 1. The first-order chi connectivity index (χ1) is 14.1. The van der Waals surface area contributed by atoms with Crippen LogP contribution in [0.4, 0.5) is 23.3 Å². The minimum Gasteiger partial charge on any atom is -0.369 e. The molecular weight excluding hydrogens is 362 g/mol.